The van der Waals surface area contributed by atoms with Crippen LogP contribution in [0.25, 0.3) is 81.7 Å². The first-order valence-corrected chi connectivity index (χ1v) is 19.1. The van der Waals surface area contributed by atoms with Crippen LogP contribution in [0.2, 0.25) is 0 Å². The summed E-state index contributed by atoms with van der Waals surface area (Å²) in [5.74, 6) is 0. The quantitative estimate of drug-likeness (QED) is 0.166. The Labute approximate surface area is 318 Å². The molecule has 1 aliphatic carbocycles. The van der Waals surface area contributed by atoms with Crippen molar-refractivity contribution < 1.29 is 0 Å². The molecule has 1 heterocycles. The second-order valence-corrected chi connectivity index (χ2v) is 14.9. The maximum absolute atomic E-state index is 2.47. The zero-order valence-electron chi connectivity index (χ0n) is 30.1. The number of rotatable bonds is 4. The summed E-state index contributed by atoms with van der Waals surface area (Å²) in [6, 6.07) is 72.0. The number of fused-ring (bicyclic) bond motifs is 12. The minimum Gasteiger partial charge on any atom is -0.310 e. The second kappa shape index (κ2) is 11.7. The number of benzene rings is 10. The van der Waals surface area contributed by atoms with E-state index in [-0.39, 0.29) is 0 Å². The van der Waals surface area contributed by atoms with E-state index in [4.69, 9.17) is 0 Å². The van der Waals surface area contributed by atoms with Gasteiger partial charge in [-0.05, 0) is 115 Å². The van der Waals surface area contributed by atoms with Crippen molar-refractivity contribution in [1.82, 2.24) is 4.57 Å². The highest BCUT2D eigenvalue weighted by Crippen LogP contribution is 2.45. The predicted octanol–water partition coefficient (Wildman–Crippen LogP) is 14.4. The fourth-order valence-corrected chi connectivity index (χ4v) is 9.40. The number of aromatic nitrogens is 1. The van der Waals surface area contributed by atoms with Gasteiger partial charge >= 0.3 is 0 Å². The molecule has 256 valence electrons. The lowest BCUT2D eigenvalue weighted by Crippen LogP contribution is -2.10. The topological polar surface area (TPSA) is 8.17 Å². The van der Waals surface area contributed by atoms with Crippen LogP contribution in [0.4, 0.5) is 17.1 Å². The van der Waals surface area contributed by atoms with Crippen molar-refractivity contribution in [3.63, 3.8) is 0 Å². The van der Waals surface area contributed by atoms with E-state index >= 15 is 0 Å². The first kappa shape index (κ1) is 30.3. The van der Waals surface area contributed by atoms with E-state index in [1.807, 2.05) is 0 Å². The minimum atomic E-state index is 0.986. The average Bonchev–Trinajstić information content (AvgIpc) is 3.78. The van der Waals surface area contributed by atoms with Crippen molar-refractivity contribution >= 4 is 82.0 Å². The highest BCUT2D eigenvalue weighted by molar-refractivity contribution is 6.18. The Morgan fingerprint density at radius 1 is 0.345 bits per heavy atom. The molecular weight excluding hydrogens is 665 g/mol. The van der Waals surface area contributed by atoms with Gasteiger partial charge in [0.05, 0.1) is 16.7 Å². The van der Waals surface area contributed by atoms with Crippen LogP contribution < -0.4 is 4.90 Å². The lowest BCUT2D eigenvalue weighted by atomic mass is 9.96. The van der Waals surface area contributed by atoms with Gasteiger partial charge in [-0.25, -0.2) is 0 Å². The van der Waals surface area contributed by atoms with Crippen molar-refractivity contribution in [3.05, 3.63) is 205 Å². The van der Waals surface area contributed by atoms with Gasteiger partial charge in [0, 0.05) is 33.2 Å². The Kier molecular flexibility index (Phi) is 6.43. The molecule has 0 unspecified atom stereocenters. The van der Waals surface area contributed by atoms with Crippen molar-refractivity contribution in [2.75, 3.05) is 4.90 Å². The van der Waals surface area contributed by atoms with E-state index in [1.165, 1.54) is 92.8 Å². The zero-order valence-corrected chi connectivity index (χ0v) is 30.1. The third kappa shape index (κ3) is 4.55. The summed E-state index contributed by atoms with van der Waals surface area (Å²) in [5.41, 5.74) is 12.5. The summed E-state index contributed by atoms with van der Waals surface area (Å²) >= 11 is 0. The molecule has 0 spiro atoms. The Balaban J connectivity index is 1.12. The molecule has 0 bridgehead atoms. The van der Waals surface area contributed by atoms with Crippen LogP contribution in [-0.2, 0) is 6.42 Å². The van der Waals surface area contributed by atoms with Crippen molar-refractivity contribution in [2.45, 2.75) is 6.42 Å². The zero-order chi connectivity index (χ0) is 36.0. The van der Waals surface area contributed by atoms with Gasteiger partial charge in [-0.2, -0.15) is 0 Å². The Morgan fingerprint density at radius 3 is 1.84 bits per heavy atom. The van der Waals surface area contributed by atoms with Crippen LogP contribution in [0.15, 0.2) is 194 Å². The third-order valence-corrected chi connectivity index (χ3v) is 11.9. The fraction of sp³-hybridized carbons (Fsp3) is 0.0189. The molecule has 12 rings (SSSR count). The Hall–Kier alpha value is -7.16. The molecule has 2 nitrogen and oxygen atoms in total. The summed E-state index contributed by atoms with van der Waals surface area (Å²) in [4.78, 5) is 2.46. The molecule has 2 heteroatoms. The van der Waals surface area contributed by atoms with E-state index in [0.29, 0.717) is 0 Å². The molecule has 1 aliphatic rings. The first-order valence-electron chi connectivity index (χ1n) is 19.1. The van der Waals surface area contributed by atoms with E-state index in [9.17, 15) is 0 Å². The van der Waals surface area contributed by atoms with Crippen molar-refractivity contribution in [1.29, 1.82) is 0 Å². The van der Waals surface area contributed by atoms with E-state index in [1.54, 1.807) is 0 Å². The van der Waals surface area contributed by atoms with Crippen molar-refractivity contribution in [3.8, 4) is 16.8 Å². The molecular formula is C53H34N2. The Bertz CT molecular complexity index is 3360. The predicted molar refractivity (Wildman–Crippen MR) is 234 cm³/mol. The summed E-state index contributed by atoms with van der Waals surface area (Å²) in [6.07, 6.45) is 0.986. The fourth-order valence-electron chi connectivity index (χ4n) is 9.40. The first-order chi connectivity index (χ1) is 27.3. The van der Waals surface area contributed by atoms with Gasteiger partial charge in [-0.1, -0.05) is 146 Å². The Morgan fingerprint density at radius 2 is 0.945 bits per heavy atom. The van der Waals surface area contributed by atoms with Gasteiger partial charge in [0.15, 0.2) is 0 Å². The molecule has 0 radical (unpaired) electrons. The van der Waals surface area contributed by atoms with Crippen molar-refractivity contribution in [2.24, 2.45) is 0 Å². The molecule has 0 saturated heterocycles. The van der Waals surface area contributed by atoms with Crippen LogP contribution in [0, 0.1) is 0 Å². The summed E-state index contributed by atoms with van der Waals surface area (Å²) < 4.78 is 2.47. The molecule has 0 amide bonds. The van der Waals surface area contributed by atoms with Gasteiger partial charge in [-0.3, -0.25) is 0 Å². The lowest BCUT2D eigenvalue weighted by molar-refractivity contribution is 1.17. The number of hydrogen-bond donors (Lipinski definition) is 0. The minimum absolute atomic E-state index is 0.986. The van der Waals surface area contributed by atoms with Gasteiger partial charge < -0.3 is 9.47 Å². The van der Waals surface area contributed by atoms with E-state index < -0.39 is 0 Å². The van der Waals surface area contributed by atoms with Crippen LogP contribution in [0.3, 0.4) is 0 Å². The molecule has 0 N–H and O–H groups in total. The van der Waals surface area contributed by atoms with E-state index in [2.05, 4.69) is 204 Å². The molecule has 0 atom stereocenters. The summed E-state index contributed by atoms with van der Waals surface area (Å²) in [6.45, 7) is 0. The maximum Gasteiger partial charge on any atom is 0.0561 e. The smallest absolute Gasteiger partial charge is 0.0561 e. The summed E-state index contributed by atoms with van der Waals surface area (Å²) in [5, 5.41) is 12.5. The molecule has 11 aromatic rings. The highest BCUT2D eigenvalue weighted by atomic mass is 15.1. The highest BCUT2D eigenvalue weighted by Gasteiger charge is 2.22. The largest absolute Gasteiger partial charge is 0.310 e. The molecule has 10 aromatic carbocycles. The van der Waals surface area contributed by atoms with Crippen LogP contribution in [0.5, 0.6) is 0 Å². The lowest BCUT2D eigenvalue weighted by Gasteiger charge is -2.27. The maximum atomic E-state index is 2.47. The second-order valence-electron chi connectivity index (χ2n) is 14.9. The van der Waals surface area contributed by atoms with Crippen LogP contribution in [-0.4, -0.2) is 4.57 Å². The van der Waals surface area contributed by atoms with Gasteiger partial charge in [0.1, 0.15) is 0 Å². The average molecular weight is 699 g/mol. The summed E-state index contributed by atoms with van der Waals surface area (Å²) in [7, 11) is 0. The monoisotopic (exact) mass is 698 g/mol. The molecule has 55 heavy (non-hydrogen) atoms. The molecule has 0 aliphatic heterocycles. The molecule has 1 aromatic heterocycles. The molecule has 0 fully saturated rings. The third-order valence-electron chi connectivity index (χ3n) is 11.9. The van der Waals surface area contributed by atoms with Crippen LogP contribution >= 0.6 is 0 Å². The number of nitrogens with zero attached hydrogens (tertiary/aromatic N) is 2. The molecule has 0 saturated carbocycles. The standard InChI is InChI=1S/C53H34N2/c1-4-14-42-35(11-1)22-28-46-45(42)27-23-36-20-24-39(31-49(36)46)54(51-19-9-13-34-10-2-6-16-44(34)51)41-26-29-48-47-17-7-8-18-52(47)55(53(48)33-41)40-25-21-38-30-37-12-3-5-15-43(37)50(38)32-40/h1-29,31-33H,30H2. The normalized spacial score (nSPS) is 12.3. The van der Waals surface area contributed by atoms with E-state index in [0.717, 1.165) is 23.5 Å². The van der Waals surface area contributed by atoms with Gasteiger partial charge in [0.2, 0.25) is 0 Å². The SMILES string of the molecule is c1ccc2c(c1)Cc1ccc(-n3c4ccccc4c4ccc(N(c5ccc6ccc7c8ccccc8ccc7c6c5)c5cccc6ccccc56)cc43)cc1-2. The van der Waals surface area contributed by atoms with Gasteiger partial charge in [-0.15, -0.1) is 0 Å². The number of para-hydroxylation sites is 1. The van der Waals surface area contributed by atoms with Crippen LogP contribution in [0.1, 0.15) is 11.1 Å². The van der Waals surface area contributed by atoms with Gasteiger partial charge in [0.25, 0.3) is 0 Å². The number of hydrogen-bond acceptors (Lipinski definition) is 1. The number of anilines is 3.